The summed E-state index contributed by atoms with van der Waals surface area (Å²) >= 11 is 0. The van der Waals surface area contributed by atoms with E-state index in [9.17, 15) is 13.2 Å². The lowest BCUT2D eigenvalue weighted by Gasteiger charge is -2.19. The van der Waals surface area contributed by atoms with Crippen molar-refractivity contribution in [2.45, 2.75) is 39.2 Å². The van der Waals surface area contributed by atoms with Crippen LogP contribution in [0.4, 0.5) is 19.0 Å². The highest BCUT2D eigenvalue weighted by Gasteiger charge is 2.46. The first-order valence-corrected chi connectivity index (χ1v) is 10.3. The maximum absolute atomic E-state index is 14.6. The van der Waals surface area contributed by atoms with Crippen LogP contribution in [-0.4, -0.2) is 23.2 Å². The van der Waals surface area contributed by atoms with Crippen molar-refractivity contribution in [3.8, 4) is 11.5 Å². The number of nitrogens with one attached hydrogen (secondary N) is 1. The maximum Gasteiger partial charge on any atom is 0.266 e. The smallest absolute Gasteiger partial charge is 0.266 e. The fourth-order valence-corrected chi connectivity index (χ4v) is 3.91. The molecule has 1 aliphatic heterocycles. The first-order valence-electron chi connectivity index (χ1n) is 10.3. The number of alkyl halides is 2. The number of rotatable bonds is 4. The van der Waals surface area contributed by atoms with Crippen LogP contribution in [0.15, 0.2) is 30.3 Å². The van der Waals surface area contributed by atoms with Crippen molar-refractivity contribution in [3.05, 3.63) is 53.1 Å². The Hall–Kier alpha value is -3.03. The van der Waals surface area contributed by atoms with Crippen LogP contribution >= 0.6 is 0 Å². The zero-order valence-electron chi connectivity index (χ0n) is 17.2. The summed E-state index contributed by atoms with van der Waals surface area (Å²) in [5, 5.41) is 3.86. The molecule has 5 nitrogen and oxygen atoms in total. The fraction of sp³-hybridized carbons (Fsp3) is 0.391. The van der Waals surface area contributed by atoms with Gasteiger partial charge in [0.25, 0.3) is 6.43 Å². The van der Waals surface area contributed by atoms with Gasteiger partial charge in [-0.05, 0) is 32.8 Å². The van der Waals surface area contributed by atoms with Crippen LogP contribution in [0.5, 0.6) is 11.5 Å². The molecule has 3 aromatic rings. The van der Waals surface area contributed by atoms with Crippen molar-refractivity contribution in [1.29, 1.82) is 0 Å². The van der Waals surface area contributed by atoms with Crippen LogP contribution in [-0.2, 0) is 0 Å². The van der Waals surface area contributed by atoms with Crippen molar-refractivity contribution in [1.82, 2.24) is 9.97 Å². The summed E-state index contributed by atoms with van der Waals surface area (Å²) in [7, 11) is 0. The molecule has 2 aliphatic rings. The van der Waals surface area contributed by atoms with Gasteiger partial charge in [0.2, 0.25) is 0 Å². The quantitative estimate of drug-likeness (QED) is 0.573. The van der Waals surface area contributed by atoms with Gasteiger partial charge in [-0.25, -0.2) is 23.1 Å². The third kappa shape index (κ3) is 3.64. The molecule has 0 unspecified atom stereocenters. The number of hydrogen-bond acceptors (Lipinski definition) is 5. The predicted octanol–water partition coefficient (Wildman–Crippen LogP) is 5.74. The lowest BCUT2D eigenvalue weighted by Crippen LogP contribution is -2.17. The number of halogens is 3. The molecule has 2 aromatic carbocycles. The largest absolute Gasteiger partial charge is 0.489 e. The lowest BCUT2D eigenvalue weighted by atomic mass is 10.0. The number of anilines is 1. The Balaban J connectivity index is 1.51. The molecule has 2 heterocycles. The minimum absolute atomic E-state index is 0.107. The summed E-state index contributed by atoms with van der Waals surface area (Å²) in [6.07, 6.45) is -0.698. The molecule has 1 aliphatic carbocycles. The van der Waals surface area contributed by atoms with Gasteiger partial charge in [0.1, 0.15) is 17.5 Å². The minimum atomic E-state index is -2.88. The fourth-order valence-electron chi connectivity index (χ4n) is 3.91. The molecule has 0 saturated heterocycles. The van der Waals surface area contributed by atoms with E-state index in [2.05, 4.69) is 15.3 Å². The van der Waals surface area contributed by atoms with Gasteiger partial charge in [-0.15, -0.1) is 0 Å². The Morgan fingerprint density at radius 3 is 2.39 bits per heavy atom. The lowest BCUT2D eigenvalue weighted by molar-refractivity contribution is 0.146. The van der Waals surface area contributed by atoms with E-state index in [0.29, 0.717) is 47.3 Å². The molecule has 0 bridgehead atoms. The summed E-state index contributed by atoms with van der Waals surface area (Å²) in [5.41, 5.74) is 0.306. The van der Waals surface area contributed by atoms with E-state index in [0.717, 1.165) is 18.9 Å². The zero-order chi connectivity index (χ0) is 21.8. The third-order valence-electron chi connectivity index (χ3n) is 6.01. The van der Waals surface area contributed by atoms with Gasteiger partial charge in [-0.1, -0.05) is 18.2 Å². The van der Waals surface area contributed by atoms with Gasteiger partial charge >= 0.3 is 0 Å². The number of hydrogen-bond donors (Lipinski definition) is 1. The predicted molar refractivity (Wildman–Crippen MR) is 110 cm³/mol. The summed E-state index contributed by atoms with van der Waals surface area (Å²) in [5.74, 6) is 1.35. The number of benzene rings is 2. The number of nitrogens with zero attached hydrogens (tertiary/aromatic N) is 2. The average Bonchev–Trinajstić information content (AvgIpc) is 3.52. The van der Waals surface area contributed by atoms with Gasteiger partial charge in [0.05, 0.1) is 30.3 Å². The molecule has 1 atom stereocenters. The molecular weight excluding hydrogens is 407 g/mol. The monoisotopic (exact) mass is 429 g/mol. The highest BCUT2D eigenvalue weighted by molar-refractivity contribution is 5.92. The van der Waals surface area contributed by atoms with Crippen molar-refractivity contribution in [3.63, 3.8) is 0 Å². The molecule has 31 heavy (non-hydrogen) atoms. The van der Waals surface area contributed by atoms with Crippen LogP contribution in [0.25, 0.3) is 10.9 Å². The molecule has 1 aromatic heterocycles. The molecule has 162 valence electrons. The van der Waals surface area contributed by atoms with Gasteiger partial charge < -0.3 is 14.8 Å². The highest BCUT2D eigenvalue weighted by Crippen LogP contribution is 2.49. The standard InChI is InChI=1S/C23H22F3N3O2/c1-12(14-4-3-5-15(20(14)24)21(25)26)27-22-16-8-18-19(9-17(16)28-13(2)29-22)31-11-23(6-7-23)10-30-18/h3-5,8-9,12,21H,6-7,10-11H2,1-2H3,(H,27,28,29)/t12-/m1/s1. The first-order chi connectivity index (χ1) is 14.8. The van der Waals surface area contributed by atoms with Gasteiger partial charge in [0, 0.05) is 22.4 Å². The average molecular weight is 429 g/mol. The normalized spacial score (nSPS) is 17.6. The van der Waals surface area contributed by atoms with E-state index in [-0.39, 0.29) is 11.0 Å². The van der Waals surface area contributed by atoms with E-state index in [4.69, 9.17) is 9.47 Å². The molecule has 1 spiro atoms. The van der Waals surface area contributed by atoms with Gasteiger partial charge in [-0.2, -0.15) is 0 Å². The zero-order valence-corrected chi connectivity index (χ0v) is 17.2. The summed E-state index contributed by atoms with van der Waals surface area (Å²) in [6.45, 7) is 4.69. The molecular formula is C23H22F3N3O2. The van der Waals surface area contributed by atoms with E-state index in [1.54, 1.807) is 13.8 Å². The Kier molecular flexibility index (Phi) is 4.68. The van der Waals surface area contributed by atoms with Crippen LogP contribution in [0.3, 0.4) is 0 Å². The number of ether oxygens (including phenoxy) is 2. The number of aryl methyl sites for hydroxylation is 1. The second-order valence-electron chi connectivity index (χ2n) is 8.43. The minimum Gasteiger partial charge on any atom is -0.489 e. The summed E-state index contributed by atoms with van der Waals surface area (Å²) in [4.78, 5) is 8.98. The van der Waals surface area contributed by atoms with E-state index < -0.39 is 23.8 Å². The third-order valence-corrected chi connectivity index (χ3v) is 6.01. The first kappa shape index (κ1) is 19.9. The van der Waals surface area contributed by atoms with Crippen molar-refractivity contribution < 1.29 is 22.6 Å². The Bertz CT molecular complexity index is 1160. The number of aromatic nitrogens is 2. The Labute approximate surface area is 177 Å². The molecule has 5 rings (SSSR count). The number of fused-ring (bicyclic) bond motifs is 2. The SMILES string of the molecule is Cc1nc(N[C@H](C)c2cccc(C(F)F)c2F)c2cc3c(cc2n1)OCC1(CC1)CO3. The van der Waals surface area contributed by atoms with E-state index in [1.807, 2.05) is 12.1 Å². The van der Waals surface area contributed by atoms with Crippen molar-refractivity contribution in [2.24, 2.45) is 5.41 Å². The van der Waals surface area contributed by atoms with Gasteiger partial charge in [-0.3, -0.25) is 0 Å². The van der Waals surface area contributed by atoms with Crippen LogP contribution < -0.4 is 14.8 Å². The van der Waals surface area contributed by atoms with Crippen LogP contribution in [0.2, 0.25) is 0 Å². The molecule has 1 N–H and O–H groups in total. The van der Waals surface area contributed by atoms with Crippen LogP contribution in [0.1, 0.15) is 49.2 Å². The van der Waals surface area contributed by atoms with E-state index >= 15 is 0 Å². The van der Waals surface area contributed by atoms with Crippen LogP contribution in [0, 0.1) is 18.2 Å². The molecule has 1 fully saturated rings. The summed E-state index contributed by atoms with van der Waals surface area (Å²) in [6, 6.07) is 7.08. The molecule has 0 radical (unpaired) electrons. The van der Waals surface area contributed by atoms with Crippen molar-refractivity contribution in [2.75, 3.05) is 18.5 Å². The molecule has 1 saturated carbocycles. The summed E-state index contributed by atoms with van der Waals surface area (Å²) < 4.78 is 52.8. The van der Waals surface area contributed by atoms with Crippen molar-refractivity contribution >= 4 is 16.7 Å². The Morgan fingerprint density at radius 1 is 1.03 bits per heavy atom. The van der Waals surface area contributed by atoms with Gasteiger partial charge in [0.15, 0.2) is 11.5 Å². The maximum atomic E-state index is 14.6. The molecule has 8 heteroatoms. The topological polar surface area (TPSA) is 56.3 Å². The second-order valence-corrected chi connectivity index (χ2v) is 8.43. The highest BCUT2D eigenvalue weighted by atomic mass is 19.3. The second kappa shape index (κ2) is 7.28. The Morgan fingerprint density at radius 2 is 1.71 bits per heavy atom. The molecule has 0 amide bonds. The van der Waals surface area contributed by atoms with E-state index in [1.165, 1.54) is 12.1 Å².